The zero-order valence-corrected chi connectivity index (χ0v) is 16.0. The van der Waals surface area contributed by atoms with Crippen molar-refractivity contribution < 1.29 is 4.39 Å². The fourth-order valence-corrected chi connectivity index (χ4v) is 2.34. The van der Waals surface area contributed by atoms with Crippen LogP contribution < -0.4 is 10.6 Å². The predicted molar refractivity (Wildman–Crippen MR) is 102 cm³/mol. The van der Waals surface area contributed by atoms with Gasteiger partial charge >= 0.3 is 0 Å². The van der Waals surface area contributed by atoms with Crippen molar-refractivity contribution in [3.05, 3.63) is 35.6 Å². The van der Waals surface area contributed by atoms with E-state index in [2.05, 4.69) is 29.5 Å². The molecule has 1 saturated carbocycles. The number of halogens is 2. The molecule has 0 spiro atoms. The van der Waals surface area contributed by atoms with Gasteiger partial charge in [-0.25, -0.2) is 4.39 Å². The summed E-state index contributed by atoms with van der Waals surface area (Å²) in [4.78, 5) is 4.24. The van der Waals surface area contributed by atoms with Crippen LogP contribution in [0, 0.1) is 11.7 Å². The van der Waals surface area contributed by atoms with E-state index in [1.165, 1.54) is 25.3 Å². The Morgan fingerprint density at radius 1 is 1.32 bits per heavy atom. The molecule has 2 rings (SSSR count). The lowest BCUT2D eigenvalue weighted by atomic mass is 9.84. The van der Waals surface area contributed by atoms with Gasteiger partial charge < -0.3 is 10.6 Å². The van der Waals surface area contributed by atoms with E-state index in [9.17, 15) is 4.39 Å². The van der Waals surface area contributed by atoms with E-state index < -0.39 is 0 Å². The van der Waals surface area contributed by atoms with E-state index >= 15 is 0 Å². The monoisotopic (exact) mass is 419 g/mol. The molecule has 1 aromatic carbocycles. The van der Waals surface area contributed by atoms with Crippen LogP contribution in [-0.4, -0.2) is 26.1 Å². The third-order valence-corrected chi connectivity index (χ3v) is 4.07. The van der Waals surface area contributed by atoms with E-state index in [-0.39, 0.29) is 35.2 Å². The van der Waals surface area contributed by atoms with Gasteiger partial charge in [-0.2, -0.15) is 0 Å². The number of aliphatic imine (C=N–C) groups is 1. The van der Waals surface area contributed by atoms with Crippen molar-refractivity contribution in [3.8, 4) is 0 Å². The van der Waals surface area contributed by atoms with Gasteiger partial charge in [-0.05, 0) is 30.0 Å². The minimum Gasteiger partial charge on any atom is -0.356 e. The van der Waals surface area contributed by atoms with Crippen LogP contribution in [0.25, 0.3) is 0 Å². The molecule has 0 unspecified atom stereocenters. The summed E-state index contributed by atoms with van der Waals surface area (Å²) in [5.41, 5.74) is 0.833. The highest BCUT2D eigenvalue weighted by molar-refractivity contribution is 14.0. The quantitative estimate of drug-likeness (QED) is 0.419. The van der Waals surface area contributed by atoms with Crippen LogP contribution in [0.5, 0.6) is 0 Å². The highest BCUT2D eigenvalue weighted by Gasteiger charge is 2.22. The van der Waals surface area contributed by atoms with Crippen molar-refractivity contribution in [3.63, 3.8) is 0 Å². The van der Waals surface area contributed by atoms with Crippen LogP contribution in [0.15, 0.2) is 29.3 Å². The first kappa shape index (κ1) is 19.2. The average molecular weight is 419 g/mol. The van der Waals surface area contributed by atoms with Gasteiger partial charge in [-0.1, -0.05) is 38.8 Å². The van der Waals surface area contributed by atoms with Gasteiger partial charge in [0, 0.05) is 25.6 Å². The van der Waals surface area contributed by atoms with Crippen LogP contribution in [0.3, 0.4) is 0 Å². The van der Waals surface area contributed by atoms with Gasteiger partial charge in [-0.15, -0.1) is 24.0 Å². The minimum atomic E-state index is -0.187. The highest BCUT2D eigenvalue weighted by atomic mass is 127. The van der Waals surface area contributed by atoms with Gasteiger partial charge in [-0.3, -0.25) is 4.99 Å². The maximum atomic E-state index is 13.4. The maximum Gasteiger partial charge on any atom is 0.191 e. The number of nitrogens with zero attached hydrogens (tertiary/aromatic N) is 1. The van der Waals surface area contributed by atoms with Crippen molar-refractivity contribution in [1.29, 1.82) is 0 Å². The Bertz CT molecular complexity index is 498. The molecular formula is C17H27FIN3. The predicted octanol–water partition coefficient (Wildman–Crippen LogP) is 3.69. The Morgan fingerprint density at radius 2 is 2.05 bits per heavy atom. The van der Waals surface area contributed by atoms with Crippen LogP contribution in [0.1, 0.15) is 38.7 Å². The molecule has 0 aliphatic heterocycles. The van der Waals surface area contributed by atoms with Crippen LogP contribution in [0.4, 0.5) is 4.39 Å². The Balaban J connectivity index is 0.00000242. The SMILES string of the molecule is CN=C(NCCC1CC1)NCC(C)(C)c1cccc(F)c1.I. The Morgan fingerprint density at radius 3 is 2.64 bits per heavy atom. The molecule has 1 aliphatic rings. The lowest BCUT2D eigenvalue weighted by molar-refractivity contribution is 0.502. The maximum absolute atomic E-state index is 13.4. The topological polar surface area (TPSA) is 36.4 Å². The number of hydrogen-bond donors (Lipinski definition) is 2. The van der Waals surface area contributed by atoms with E-state index in [4.69, 9.17) is 0 Å². The first-order chi connectivity index (χ1) is 10.0. The molecule has 22 heavy (non-hydrogen) atoms. The Labute approximate surface area is 150 Å². The Kier molecular flexibility index (Phi) is 7.59. The molecule has 5 heteroatoms. The summed E-state index contributed by atoms with van der Waals surface area (Å²) in [6.07, 6.45) is 3.97. The molecular weight excluding hydrogens is 392 g/mol. The normalized spacial score (nSPS) is 15.2. The second-order valence-corrected chi connectivity index (χ2v) is 6.48. The molecule has 1 aliphatic carbocycles. The second-order valence-electron chi connectivity index (χ2n) is 6.48. The van der Waals surface area contributed by atoms with Gasteiger partial charge in [0.15, 0.2) is 5.96 Å². The second kappa shape index (κ2) is 8.70. The largest absolute Gasteiger partial charge is 0.356 e. The molecule has 2 N–H and O–H groups in total. The molecule has 0 radical (unpaired) electrons. The number of hydrogen-bond acceptors (Lipinski definition) is 1. The number of benzene rings is 1. The summed E-state index contributed by atoms with van der Waals surface area (Å²) in [6, 6.07) is 6.81. The molecule has 0 bridgehead atoms. The van der Waals surface area contributed by atoms with Gasteiger partial charge in [0.2, 0.25) is 0 Å². The Hall–Kier alpha value is -0.850. The molecule has 3 nitrogen and oxygen atoms in total. The van der Waals surface area contributed by atoms with Crippen LogP contribution in [0.2, 0.25) is 0 Å². The molecule has 1 fully saturated rings. The summed E-state index contributed by atoms with van der Waals surface area (Å²) in [7, 11) is 1.78. The van der Waals surface area contributed by atoms with Crippen molar-refractivity contribution in [2.75, 3.05) is 20.1 Å². The van der Waals surface area contributed by atoms with Crippen LogP contribution >= 0.6 is 24.0 Å². The smallest absolute Gasteiger partial charge is 0.191 e. The molecule has 1 aromatic rings. The highest BCUT2D eigenvalue weighted by Crippen LogP contribution is 2.31. The molecule has 0 saturated heterocycles. The lowest BCUT2D eigenvalue weighted by Gasteiger charge is -2.26. The first-order valence-corrected chi connectivity index (χ1v) is 7.72. The van der Waals surface area contributed by atoms with Crippen molar-refractivity contribution in [2.24, 2.45) is 10.9 Å². The zero-order valence-electron chi connectivity index (χ0n) is 13.7. The third kappa shape index (κ3) is 6.10. The van der Waals surface area contributed by atoms with Crippen molar-refractivity contribution in [2.45, 2.75) is 38.5 Å². The van der Waals surface area contributed by atoms with Gasteiger partial charge in [0.25, 0.3) is 0 Å². The third-order valence-electron chi connectivity index (χ3n) is 4.07. The van der Waals surface area contributed by atoms with Crippen molar-refractivity contribution in [1.82, 2.24) is 10.6 Å². The zero-order chi connectivity index (χ0) is 15.3. The molecule has 0 aromatic heterocycles. The number of nitrogens with one attached hydrogen (secondary N) is 2. The van der Waals surface area contributed by atoms with Crippen LogP contribution in [-0.2, 0) is 5.41 Å². The van der Waals surface area contributed by atoms with E-state index in [1.54, 1.807) is 19.2 Å². The van der Waals surface area contributed by atoms with Crippen molar-refractivity contribution >= 4 is 29.9 Å². The van der Waals surface area contributed by atoms with E-state index in [0.29, 0.717) is 6.54 Å². The molecule has 0 amide bonds. The standard InChI is InChI=1S/C17H26FN3.HI/c1-17(2,14-5-4-6-15(18)11-14)12-21-16(19-3)20-10-9-13-7-8-13;/h4-6,11,13H,7-10,12H2,1-3H3,(H2,19,20,21);1H. The summed E-state index contributed by atoms with van der Waals surface area (Å²) in [6.45, 7) is 5.88. The molecule has 0 heterocycles. The minimum absolute atomic E-state index is 0. The number of rotatable bonds is 6. The molecule has 124 valence electrons. The summed E-state index contributed by atoms with van der Waals surface area (Å²) >= 11 is 0. The fraction of sp³-hybridized carbons (Fsp3) is 0.588. The lowest BCUT2D eigenvalue weighted by Crippen LogP contribution is -2.43. The average Bonchev–Trinajstić information content (AvgIpc) is 3.27. The van der Waals surface area contributed by atoms with E-state index in [1.807, 2.05) is 6.07 Å². The first-order valence-electron chi connectivity index (χ1n) is 7.72. The fourth-order valence-electron chi connectivity index (χ4n) is 2.34. The van der Waals surface area contributed by atoms with Gasteiger partial charge in [0.05, 0.1) is 0 Å². The summed E-state index contributed by atoms with van der Waals surface area (Å²) in [5, 5.41) is 6.68. The summed E-state index contributed by atoms with van der Waals surface area (Å²) < 4.78 is 13.4. The number of guanidine groups is 1. The summed E-state index contributed by atoms with van der Waals surface area (Å²) in [5.74, 6) is 1.55. The molecule has 0 atom stereocenters. The van der Waals surface area contributed by atoms with Gasteiger partial charge in [0.1, 0.15) is 5.82 Å². The van der Waals surface area contributed by atoms with E-state index in [0.717, 1.165) is 24.0 Å².